The van der Waals surface area contributed by atoms with Crippen LogP contribution in [0.15, 0.2) is 30.3 Å². The topological polar surface area (TPSA) is 43.4 Å². The molecule has 0 radical (unpaired) electrons. The van der Waals surface area contributed by atoms with Crippen molar-refractivity contribution in [3.63, 3.8) is 0 Å². The van der Waals surface area contributed by atoms with Crippen LogP contribution in [0.2, 0.25) is 0 Å². The SMILES string of the molecule is CCCCCCCC[S@@](=O)CC(=O)OCc1ccccc1. The molecule has 1 aromatic carbocycles. The Balaban J connectivity index is 2.06. The Labute approximate surface area is 130 Å². The Morgan fingerprint density at radius 3 is 2.43 bits per heavy atom. The van der Waals surface area contributed by atoms with Gasteiger partial charge < -0.3 is 4.74 Å². The first-order valence-electron chi connectivity index (χ1n) is 7.77. The monoisotopic (exact) mass is 310 g/mol. The number of rotatable bonds is 11. The van der Waals surface area contributed by atoms with Gasteiger partial charge in [0.2, 0.25) is 0 Å². The molecule has 0 N–H and O–H groups in total. The van der Waals surface area contributed by atoms with Gasteiger partial charge in [-0.3, -0.25) is 9.00 Å². The van der Waals surface area contributed by atoms with Crippen LogP contribution in [-0.2, 0) is 26.9 Å². The molecule has 0 bridgehead atoms. The normalized spacial score (nSPS) is 12.0. The Morgan fingerprint density at radius 2 is 1.71 bits per heavy atom. The lowest BCUT2D eigenvalue weighted by Crippen LogP contribution is -2.16. The molecule has 21 heavy (non-hydrogen) atoms. The summed E-state index contributed by atoms with van der Waals surface area (Å²) in [5.74, 6) is 0.247. The molecule has 0 saturated carbocycles. The Kier molecular flexibility index (Phi) is 9.79. The van der Waals surface area contributed by atoms with Crippen LogP contribution >= 0.6 is 0 Å². The van der Waals surface area contributed by atoms with Crippen molar-refractivity contribution in [2.75, 3.05) is 11.5 Å². The van der Waals surface area contributed by atoms with Gasteiger partial charge in [-0.25, -0.2) is 0 Å². The third-order valence-electron chi connectivity index (χ3n) is 3.25. The summed E-state index contributed by atoms with van der Waals surface area (Å²) < 4.78 is 16.9. The zero-order valence-corrected chi connectivity index (χ0v) is 13.7. The first kappa shape index (κ1) is 17.9. The van der Waals surface area contributed by atoms with E-state index in [4.69, 9.17) is 4.74 Å². The van der Waals surface area contributed by atoms with Crippen LogP contribution in [0.3, 0.4) is 0 Å². The zero-order chi connectivity index (χ0) is 15.3. The van der Waals surface area contributed by atoms with Gasteiger partial charge in [-0.1, -0.05) is 69.4 Å². The van der Waals surface area contributed by atoms with E-state index in [1.807, 2.05) is 30.3 Å². The molecule has 1 atom stereocenters. The van der Waals surface area contributed by atoms with E-state index in [1.54, 1.807) is 0 Å². The van der Waals surface area contributed by atoms with Gasteiger partial charge in [0.25, 0.3) is 0 Å². The molecule has 0 aliphatic rings. The van der Waals surface area contributed by atoms with Crippen LogP contribution in [0.1, 0.15) is 51.0 Å². The summed E-state index contributed by atoms with van der Waals surface area (Å²) in [6.45, 7) is 2.45. The van der Waals surface area contributed by atoms with E-state index in [9.17, 15) is 9.00 Å². The predicted octanol–water partition coefficient (Wildman–Crippen LogP) is 3.84. The highest BCUT2D eigenvalue weighted by atomic mass is 32.2. The summed E-state index contributed by atoms with van der Waals surface area (Å²) in [6.07, 6.45) is 6.99. The smallest absolute Gasteiger partial charge is 0.318 e. The predicted molar refractivity (Wildman–Crippen MR) is 87.5 cm³/mol. The van der Waals surface area contributed by atoms with Gasteiger partial charge >= 0.3 is 5.97 Å². The molecule has 0 aliphatic heterocycles. The van der Waals surface area contributed by atoms with Gasteiger partial charge in [0.15, 0.2) is 0 Å². The van der Waals surface area contributed by atoms with E-state index in [1.165, 1.54) is 25.7 Å². The zero-order valence-electron chi connectivity index (χ0n) is 12.9. The number of unbranched alkanes of at least 4 members (excludes halogenated alkanes) is 5. The van der Waals surface area contributed by atoms with Crippen molar-refractivity contribution in [3.8, 4) is 0 Å². The molecule has 0 spiro atoms. The fourth-order valence-electron chi connectivity index (χ4n) is 2.03. The van der Waals surface area contributed by atoms with Crippen LogP contribution in [0.25, 0.3) is 0 Å². The van der Waals surface area contributed by atoms with Gasteiger partial charge in [0.05, 0.1) is 0 Å². The molecular formula is C17H26O3S. The lowest BCUT2D eigenvalue weighted by molar-refractivity contribution is -0.141. The molecule has 3 nitrogen and oxygen atoms in total. The second-order valence-corrected chi connectivity index (χ2v) is 6.78. The minimum absolute atomic E-state index is 0.0157. The minimum Gasteiger partial charge on any atom is -0.460 e. The highest BCUT2D eigenvalue weighted by molar-refractivity contribution is 7.85. The highest BCUT2D eigenvalue weighted by Gasteiger charge is 2.09. The number of carbonyl (C=O) groups excluding carboxylic acids is 1. The average Bonchev–Trinajstić information content (AvgIpc) is 2.50. The molecule has 0 amide bonds. The van der Waals surface area contributed by atoms with Crippen molar-refractivity contribution in [1.82, 2.24) is 0 Å². The van der Waals surface area contributed by atoms with Gasteiger partial charge in [-0.15, -0.1) is 0 Å². The molecule has 0 unspecified atom stereocenters. The minimum atomic E-state index is -1.09. The van der Waals surface area contributed by atoms with Crippen LogP contribution in [-0.4, -0.2) is 21.7 Å². The van der Waals surface area contributed by atoms with Crippen molar-refractivity contribution in [3.05, 3.63) is 35.9 Å². The Morgan fingerprint density at radius 1 is 1.05 bits per heavy atom. The van der Waals surface area contributed by atoms with Crippen molar-refractivity contribution in [2.45, 2.75) is 52.1 Å². The quantitative estimate of drug-likeness (QED) is 0.461. The van der Waals surface area contributed by atoms with E-state index in [0.717, 1.165) is 18.4 Å². The van der Waals surface area contributed by atoms with Crippen molar-refractivity contribution in [2.24, 2.45) is 0 Å². The summed E-state index contributed by atoms with van der Waals surface area (Å²) in [5, 5.41) is 0. The van der Waals surface area contributed by atoms with Crippen LogP contribution in [0.5, 0.6) is 0 Å². The standard InChI is InChI=1S/C17H26O3S/c1-2-3-4-5-6-10-13-21(19)15-17(18)20-14-16-11-8-7-9-12-16/h7-9,11-12H,2-6,10,13-15H2,1H3/t21-/m1/s1. The Hall–Kier alpha value is -1.16. The lowest BCUT2D eigenvalue weighted by atomic mass is 10.1. The number of esters is 1. The van der Waals surface area contributed by atoms with Crippen molar-refractivity contribution in [1.29, 1.82) is 0 Å². The highest BCUT2D eigenvalue weighted by Crippen LogP contribution is 2.06. The number of benzene rings is 1. The molecular weight excluding hydrogens is 284 g/mol. The van der Waals surface area contributed by atoms with E-state index in [2.05, 4.69) is 6.92 Å². The second-order valence-electron chi connectivity index (χ2n) is 5.20. The average molecular weight is 310 g/mol. The Bertz CT molecular complexity index is 417. The van der Waals surface area contributed by atoms with Crippen LogP contribution in [0.4, 0.5) is 0 Å². The largest absolute Gasteiger partial charge is 0.460 e. The molecule has 118 valence electrons. The fourth-order valence-corrected chi connectivity index (χ4v) is 3.04. The van der Waals surface area contributed by atoms with Crippen molar-refractivity contribution >= 4 is 16.8 Å². The molecule has 1 aromatic rings. The maximum absolute atomic E-state index is 11.8. The number of hydrogen-bond acceptors (Lipinski definition) is 3. The molecule has 0 aromatic heterocycles. The van der Waals surface area contributed by atoms with Gasteiger partial charge in [0, 0.05) is 16.6 Å². The van der Waals surface area contributed by atoms with Crippen molar-refractivity contribution < 1.29 is 13.7 Å². The van der Waals surface area contributed by atoms with Gasteiger partial charge in [-0.2, -0.15) is 0 Å². The van der Waals surface area contributed by atoms with E-state index >= 15 is 0 Å². The van der Waals surface area contributed by atoms with E-state index < -0.39 is 10.8 Å². The molecule has 0 saturated heterocycles. The molecule has 4 heteroatoms. The van der Waals surface area contributed by atoms with E-state index in [-0.39, 0.29) is 18.3 Å². The maximum atomic E-state index is 11.8. The molecule has 0 heterocycles. The van der Waals surface area contributed by atoms with Gasteiger partial charge in [0.1, 0.15) is 12.4 Å². The van der Waals surface area contributed by atoms with Crippen LogP contribution < -0.4 is 0 Å². The summed E-state index contributed by atoms with van der Waals surface area (Å²) >= 11 is 0. The molecule has 0 fully saturated rings. The number of carbonyl (C=O) groups is 1. The molecule has 1 rings (SSSR count). The van der Waals surface area contributed by atoms with E-state index in [0.29, 0.717) is 5.75 Å². The summed E-state index contributed by atoms with van der Waals surface area (Å²) in [5.41, 5.74) is 0.951. The third kappa shape index (κ3) is 9.40. The third-order valence-corrected chi connectivity index (χ3v) is 4.55. The first-order chi connectivity index (χ1) is 10.2. The fraction of sp³-hybridized carbons (Fsp3) is 0.588. The number of hydrogen-bond donors (Lipinski definition) is 0. The summed E-state index contributed by atoms with van der Waals surface area (Å²) in [4.78, 5) is 11.6. The first-order valence-corrected chi connectivity index (χ1v) is 9.25. The van der Waals surface area contributed by atoms with Crippen LogP contribution in [0, 0.1) is 0 Å². The van der Waals surface area contributed by atoms with Gasteiger partial charge in [-0.05, 0) is 12.0 Å². The number of ether oxygens (including phenoxy) is 1. The summed E-state index contributed by atoms with van der Waals surface area (Å²) in [6, 6.07) is 9.53. The lowest BCUT2D eigenvalue weighted by Gasteiger charge is -2.05. The second kappa shape index (κ2) is 11.5. The molecule has 0 aliphatic carbocycles. The summed E-state index contributed by atoms with van der Waals surface area (Å²) in [7, 11) is -1.09. The maximum Gasteiger partial charge on any atom is 0.318 e.